The van der Waals surface area contributed by atoms with Crippen LogP contribution in [0.1, 0.15) is 30.3 Å². The van der Waals surface area contributed by atoms with Gasteiger partial charge in [0, 0.05) is 24.7 Å². The summed E-state index contributed by atoms with van der Waals surface area (Å²) in [7, 11) is 0. The molecule has 1 aliphatic rings. The van der Waals surface area contributed by atoms with Crippen molar-refractivity contribution >= 4 is 18.3 Å². The van der Waals surface area contributed by atoms with E-state index in [0.717, 1.165) is 38.0 Å². The van der Waals surface area contributed by atoms with Crippen LogP contribution >= 0.6 is 12.4 Å². The highest BCUT2D eigenvalue weighted by atomic mass is 35.5. The van der Waals surface area contributed by atoms with Crippen LogP contribution in [0.4, 0.5) is 4.39 Å². The first-order valence-electron chi connectivity index (χ1n) is 8.06. The number of furan rings is 1. The maximum atomic E-state index is 13.0. The number of amides is 1. The van der Waals surface area contributed by atoms with Gasteiger partial charge in [-0.3, -0.25) is 4.79 Å². The van der Waals surface area contributed by atoms with Gasteiger partial charge in [-0.1, -0.05) is 6.92 Å². The highest BCUT2D eigenvalue weighted by Gasteiger charge is 2.28. The van der Waals surface area contributed by atoms with Crippen LogP contribution in [0.15, 0.2) is 40.8 Å². The summed E-state index contributed by atoms with van der Waals surface area (Å²) >= 11 is 0. The SMILES string of the molecule is CCCN(C(=O)c1ccc(-c2ccc(F)cc2)o1)C1CCNC1.Cl. The van der Waals surface area contributed by atoms with Crippen LogP contribution < -0.4 is 5.32 Å². The Morgan fingerprint density at radius 3 is 2.67 bits per heavy atom. The molecule has 1 unspecified atom stereocenters. The Hall–Kier alpha value is -1.85. The highest BCUT2D eigenvalue weighted by molar-refractivity contribution is 5.92. The first kappa shape index (κ1) is 18.5. The van der Waals surface area contributed by atoms with Crippen molar-refractivity contribution in [3.63, 3.8) is 0 Å². The van der Waals surface area contributed by atoms with Crippen LogP contribution in [0.5, 0.6) is 0 Å². The molecule has 1 aromatic heterocycles. The number of halogens is 2. The van der Waals surface area contributed by atoms with Crippen LogP contribution in [0.2, 0.25) is 0 Å². The molecule has 0 radical (unpaired) electrons. The maximum Gasteiger partial charge on any atom is 0.289 e. The fraction of sp³-hybridized carbons (Fsp3) is 0.389. The van der Waals surface area contributed by atoms with Crippen molar-refractivity contribution in [1.29, 1.82) is 0 Å². The zero-order valence-corrected chi connectivity index (χ0v) is 14.4. The van der Waals surface area contributed by atoms with Gasteiger partial charge in [0.25, 0.3) is 5.91 Å². The number of carbonyl (C=O) groups is 1. The predicted octanol–water partition coefficient (Wildman–Crippen LogP) is 3.72. The summed E-state index contributed by atoms with van der Waals surface area (Å²) in [6.07, 6.45) is 1.88. The van der Waals surface area contributed by atoms with Crippen molar-refractivity contribution in [2.45, 2.75) is 25.8 Å². The molecule has 2 aromatic rings. The van der Waals surface area contributed by atoms with Gasteiger partial charge in [0.15, 0.2) is 5.76 Å². The second-order valence-corrected chi connectivity index (χ2v) is 5.82. The molecule has 3 rings (SSSR count). The second kappa shape index (κ2) is 8.31. The van der Waals surface area contributed by atoms with Gasteiger partial charge in [-0.2, -0.15) is 0 Å². The van der Waals surface area contributed by atoms with Crippen molar-refractivity contribution in [1.82, 2.24) is 10.2 Å². The van der Waals surface area contributed by atoms with Crippen LogP contribution in [0.25, 0.3) is 11.3 Å². The summed E-state index contributed by atoms with van der Waals surface area (Å²) in [5.74, 6) is 0.549. The lowest BCUT2D eigenvalue weighted by Gasteiger charge is -2.27. The number of carbonyl (C=O) groups excluding carboxylic acids is 1. The third-order valence-electron chi connectivity index (χ3n) is 4.15. The minimum atomic E-state index is -0.292. The molecular formula is C18H22ClFN2O2. The van der Waals surface area contributed by atoms with Crippen molar-refractivity contribution in [2.75, 3.05) is 19.6 Å². The number of nitrogens with one attached hydrogen (secondary N) is 1. The van der Waals surface area contributed by atoms with Crippen molar-refractivity contribution in [2.24, 2.45) is 0 Å². The molecule has 1 saturated heterocycles. The van der Waals surface area contributed by atoms with E-state index >= 15 is 0 Å². The highest BCUT2D eigenvalue weighted by Crippen LogP contribution is 2.24. The molecule has 6 heteroatoms. The number of nitrogens with zero attached hydrogens (tertiary/aromatic N) is 1. The van der Waals surface area contributed by atoms with Crippen molar-refractivity contribution in [3.05, 3.63) is 48.0 Å². The largest absolute Gasteiger partial charge is 0.451 e. The number of hydrogen-bond donors (Lipinski definition) is 1. The van der Waals surface area contributed by atoms with Gasteiger partial charge in [-0.05, 0) is 55.8 Å². The fourth-order valence-corrected chi connectivity index (χ4v) is 2.96. The van der Waals surface area contributed by atoms with Crippen molar-refractivity contribution < 1.29 is 13.6 Å². The Morgan fingerprint density at radius 2 is 2.04 bits per heavy atom. The van der Waals surface area contributed by atoms with Crippen LogP contribution in [-0.2, 0) is 0 Å². The third kappa shape index (κ3) is 3.97. The fourth-order valence-electron chi connectivity index (χ4n) is 2.96. The molecule has 1 amide bonds. The van der Waals surface area contributed by atoms with Crippen LogP contribution in [0, 0.1) is 5.82 Å². The van der Waals surface area contributed by atoms with E-state index in [0.29, 0.717) is 11.5 Å². The predicted molar refractivity (Wildman–Crippen MR) is 94.0 cm³/mol. The number of benzene rings is 1. The average Bonchev–Trinajstić information content (AvgIpc) is 3.24. The van der Waals surface area contributed by atoms with E-state index in [1.807, 2.05) is 4.90 Å². The van der Waals surface area contributed by atoms with Crippen molar-refractivity contribution in [3.8, 4) is 11.3 Å². The average molecular weight is 353 g/mol. The molecule has 1 aromatic carbocycles. The van der Waals surface area contributed by atoms with E-state index in [4.69, 9.17) is 4.42 Å². The molecule has 24 heavy (non-hydrogen) atoms. The molecular weight excluding hydrogens is 331 g/mol. The summed E-state index contributed by atoms with van der Waals surface area (Å²) in [5.41, 5.74) is 0.759. The van der Waals surface area contributed by atoms with Crippen LogP contribution in [-0.4, -0.2) is 36.5 Å². The zero-order chi connectivity index (χ0) is 16.2. The lowest BCUT2D eigenvalue weighted by atomic mass is 10.2. The molecule has 4 nitrogen and oxygen atoms in total. The Bertz CT molecular complexity index is 666. The molecule has 1 fully saturated rings. The molecule has 0 bridgehead atoms. The number of hydrogen-bond acceptors (Lipinski definition) is 3. The first-order chi connectivity index (χ1) is 11.2. The molecule has 1 atom stereocenters. The van der Waals surface area contributed by atoms with E-state index in [2.05, 4.69) is 12.2 Å². The summed E-state index contributed by atoms with van der Waals surface area (Å²) in [6.45, 7) is 4.56. The topological polar surface area (TPSA) is 45.5 Å². The van der Waals surface area contributed by atoms with Gasteiger partial charge in [0.1, 0.15) is 11.6 Å². The molecule has 130 valence electrons. The summed E-state index contributed by atoms with van der Waals surface area (Å²) in [6, 6.07) is 9.74. The lowest BCUT2D eigenvalue weighted by Crippen LogP contribution is -2.41. The number of rotatable bonds is 5. The van der Waals surface area contributed by atoms with E-state index in [9.17, 15) is 9.18 Å². The molecule has 1 N–H and O–H groups in total. The summed E-state index contributed by atoms with van der Waals surface area (Å²) in [4.78, 5) is 14.7. The quantitative estimate of drug-likeness (QED) is 0.892. The molecule has 0 aliphatic carbocycles. The summed E-state index contributed by atoms with van der Waals surface area (Å²) < 4.78 is 18.7. The van der Waals surface area contributed by atoms with E-state index < -0.39 is 0 Å². The minimum absolute atomic E-state index is 0. The molecule has 0 spiro atoms. The monoisotopic (exact) mass is 352 g/mol. The third-order valence-corrected chi connectivity index (χ3v) is 4.15. The normalized spacial score (nSPS) is 16.7. The molecule has 0 saturated carbocycles. The molecule has 1 aliphatic heterocycles. The summed E-state index contributed by atoms with van der Waals surface area (Å²) in [5, 5.41) is 3.29. The lowest BCUT2D eigenvalue weighted by molar-refractivity contribution is 0.0660. The van der Waals surface area contributed by atoms with Gasteiger partial charge >= 0.3 is 0 Å². The Kier molecular flexibility index (Phi) is 6.40. The Balaban J connectivity index is 0.00000208. The molecule has 2 heterocycles. The smallest absolute Gasteiger partial charge is 0.289 e. The van der Waals surface area contributed by atoms with Gasteiger partial charge in [-0.25, -0.2) is 4.39 Å². The van der Waals surface area contributed by atoms with Gasteiger partial charge in [0.2, 0.25) is 0 Å². The Morgan fingerprint density at radius 1 is 1.29 bits per heavy atom. The maximum absolute atomic E-state index is 13.0. The van der Waals surface area contributed by atoms with Gasteiger partial charge < -0.3 is 14.6 Å². The Labute approximate surface area is 147 Å². The van der Waals surface area contributed by atoms with Crippen LogP contribution in [0.3, 0.4) is 0 Å². The second-order valence-electron chi connectivity index (χ2n) is 5.82. The zero-order valence-electron chi connectivity index (χ0n) is 13.6. The van der Waals surface area contributed by atoms with Gasteiger partial charge in [-0.15, -0.1) is 12.4 Å². The van der Waals surface area contributed by atoms with E-state index in [1.54, 1.807) is 24.3 Å². The van der Waals surface area contributed by atoms with Gasteiger partial charge in [0.05, 0.1) is 0 Å². The van der Waals surface area contributed by atoms with E-state index in [-0.39, 0.29) is 30.2 Å². The van der Waals surface area contributed by atoms with E-state index in [1.165, 1.54) is 12.1 Å². The minimum Gasteiger partial charge on any atom is -0.451 e. The first-order valence-corrected chi connectivity index (χ1v) is 8.06. The standard InChI is InChI=1S/C18H21FN2O2.ClH/c1-2-11-21(15-9-10-20-12-15)18(22)17-8-7-16(23-17)13-3-5-14(19)6-4-13;/h3-8,15,20H,2,9-12H2,1H3;1H.